The molecule has 1 aromatic carbocycles. The van der Waals surface area contributed by atoms with Gasteiger partial charge in [0, 0.05) is 12.6 Å². The first-order valence-electron chi connectivity index (χ1n) is 7.21. The molecule has 108 valence electrons. The van der Waals surface area contributed by atoms with Crippen LogP contribution in [0.15, 0.2) is 24.3 Å². The number of hydrogen-bond donors (Lipinski definition) is 2. The van der Waals surface area contributed by atoms with Gasteiger partial charge in [-0.3, -0.25) is 0 Å². The molecule has 0 bridgehead atoms. The van der Waals surface area contributed by atoms with Gasteiger partial charge in [-0.25, -0.2) is 0 Å². The third-order valence-electron chi connectivity index (χ3n) is 3.07. The highest BCUT2D eigenvalue weighted by atomic mass is 16.5. The van der Waals surface area contributed by atoms with E-state index in [9.17, 15) is 5.11 Å². The lowest BCUT2D eigenvalue weighted by atomic mass is 10.1. The molecule has 19 heavy (non-hydrogen) atoms. The topological polar surface area (TPSA) is 41.5 Å². The standard InChI is InChI=1S/C16H27NO2/c1-13(2)19-12-4-11-17-14(3)5-6-15-7-9-16(18)10-8-15/h7-10,13-14,17-18H,4-6,11-12H2,1-3H3/t14-/m0/s1. The van der Waals surface area contributed by atoms with Gasteiger partial charge in [-0.1, -0.05) is 12.1 Å². The van der Waals surface area contributed by atoms with Crippen LogP contribution in [0.3, 0.4) is 0 Å². The lowest BCUT2D eigenvalue weighted by Gasteiger charge is -2.14. The SMILES string of the molecule is CC(C)OCCCN[C@@H](C)CCc1ccc(O)cc1. The molecule has 0 aromatic heterocycles. The highest BCUT2D eigenvalue weighted by Crippen LogP contribution is 2.11. The van der Waals surface area contributed by atoms with Crippen molar-refractivity contribution in [3.05, 3.63) is 29.8 Å². The van der Waals surface area contributed by atoms with E-state index in [1.165, 1.54) is 5.56 Å². The maximum absolute atomic E-state index is 9.22. The third kappa shape index (κ3) is 7.85. The summed E-state index contributed by atoms with van der Waals surface area (Å²) in [5.74, 6) is 0.333. The van der Waals surface area contributed by atoms with E-state index in [0.29, 0.717) is 17.9 Å². The number of benzene rings is 1. The van der Waals surface area contributed by atoms with Crippen LogP contribution in [0.5, 0.6) is 5.75 Å². The van der Waals surface area contributed by atoms with Crippen molar-refractivity contribution < 1.29 is 9.84 Å². The minimum absolute atomic E-state index is 0.326. The van der Waals surface area contributed by atoms with Gasteiger partial charge in [-0.2, -0.15) is 0 Å². The fourth-order valence-electron chi connectivity index (χ4n) is 1.89. The van der Waals surface area contributed by atoms with Gasteiger partial charge < -0.3 is 15.2 Å². The molecular weight excluding hydrogens is 238 g/mol. The molecule has 0 saturated carbocycles. The summed E-state index contributed by atoms with van der Waals surface area (Å²) in [5.41, 5.74) is 1.27. The molecule has 0 aliphatic heterocycles. The van der Waals surface area contributed by atoms with Crippen molar-refractivity contribution in [3.8, 4) is 5.75 Å². The Morgan fingerprint density at radius 3 is 2.47 bits per heavy atom. The van der Waals surface area contributed by atoms with Gasteiger partial charge in [-0.05, 0) is 64.3 Å². The number of ether oxygens (including phenoxy) is 1. The van der Waals surface area contributed by atoms with Crippen molar-refractivity contribution in [1.82, 2.24) is 5.32 Å². The zero-order valence-corrected chi connectivity index (χ0v) is 12.4. The van der Waals surface area contributed by atoms with Crippen molar-refractivity contribution in [2.45, 2.75) is 52.2 Å². The third-order valence-corrected chi connectivity index (χ3v) is 3.07. The number of rotatable bonds is 9. The van der Waals surface area contributed by atoms with Gasteiger partial charge in [0.15, 0.2) is 0 Å². The minimum atomic E-state index is 0.326. The first kappa shape index (κ1) is 16.0. The lowest BCUT2D eigenvalue weighted by molar-refractivity contribution is 0.0767. The van der Waals surface area contributed by atoms with Gasteiger partial charge in [0.25, 0.3) is 0 Å². The number of phenolic OH excluding ortho intramolecular Hbond substituents is 1. The van der Waals surface area contributed by atoms with E-state index >= 15 is 0 Å². The van der Waals surface area contributed by atoms with Crippen LogP contribution in [-0.4, -0.2) is 30.4 Å². The van der Waals surface area contributed by atoms with Crippen LogP contribution in [-0.2, 0) is 11.2 Å². The van der Waals surface area contributed by atoms with Crippen LogP contribution >= 0.6 is 0 Å². The molecule has 0 spiro atoms. The summed E-state index contributed by atoms with van der Waals surface area (Å²) in [4.78, 5) is 0. The van der Waals surface area contributed by atoms with E-state index in [0.717, 1.165) is 32.4 Å². The summed E-state index contributed by atoms with van der Waals surface area (Å²) < 4.78 is 5.50. The Hall–Kier alpha value is -1.06. The summed E-state index contributed by atoms with van der Waals surface area (Å²) in [7, 11) is 0. The Balaban J connectivity index is 2.07. The maximum Gasteiger partial charge on any atom is 0.115 e. The predicted octanol–water partition coefficient (Wildman–Crippen LogP) is 3.12. The van der Waals surface area contributed by atoms with Gasteiger partial charge in [0.1, 0.15) is 5.75 Å². The predicted molar refractivity (Wildman–Crippen MR) is 79.6 cm³/mol. The molecule has 0 amide bonds. The molecule has 0 saturated heterocycles. The zero-order valence-electron chi connectivity index (χ0n) is 12.4. The highest BCUT2D eigenvalue weighted by molar-refractivity contribution is 5.25. The Morgan fingerprint density at radius 1 is 1.16 bits per heavy atom. The number of hydrogen-bond acceptors (Lipinski definition) is 3. The molecule has 0 unspecified atom stereocenters. The second-order valence-electron chi connectivity index (χ2n) is 5.33. The average molecular weight is 265 g/mol. The molecule has 0 aliphatic carbocycles. The molecule has 2 N–H and O–H groups in total. The maximum atomic E-state index is 9.22. The van der Waals surface area contributed by atoms with Crippen LogP contribution in [0.4, 0.5) is 0 Å². The fourth-order valence-corrected chi connectivity index (χ4v) is 1.89. The van der Waals surface area contributed by atoms with Crippen molar-refractivity contribution in [2.24, 2.45) is 0 Å². The van der Waals surface area contributed by atoms with Crippen LogP contribution in [0.1, 0.15) is 39.2 Å². The molecule has 3 nitrogen and oxygen atoms in total. The molecule has 1 atom stereocenters. The van der Waals surface area contributed by atoms with E-state index in [-0.39, 0.29) is 0 Å². The molecule has 1 aromatic rings. The molecule has 1 rings (SSSR count). The van der Waals surface area contributed by atoms with Crippen LogP contribution in [0.25, 0.3) is 0 Å². The Kier molecular flexibility index (Phi) is 7.53. The summed E-state index contributed by atoms with van der Waals surface area (Å²) in [6.45, 7) is 8.17. The molecule has 0 heterocycles. The number of aromatic hydroxyl groups is 1. The largest absolute Gasteiger partial charge is 0.508 e. The lowest BCUT2D eigenvalue weighted by Crippen LogP contribution is -2.28. The van der Waals surface area contributed by atoms with Gasteiger partial charge in [0.05, 0.1) is 6.10 Å². The van der Waals surface area contributed by atoms with Crippen LogP contribution in [0, 0.1) is 0 Å². The molecule has 0 aliphatic rings. The van der Waals surface area contributed by atoms with Crippen molar-refractivity contribution in [1.29, 1.82) is 0 Å². The van der Waals surface area contributed by atoms with Crippen LogP contribution in [0.2, 0.25) is 0 Å². The normalized spacial score (nSPS) is 12.8. The highest BCUT2D eigenvalue weighted by Gasteiger charge is 2.02. The molecule has 0 fully saturated rings. The Morgan fingerprint density at radius 2 is 1.84 bits per heavy atom. The van der Waals surface area contributed by atoms with E-state index < -0.39 is 0 Å². The summed E-state index contributed by atoms with van der Waals surface area (Å²) >= 11 is 0. The smallest absolute Gasteiger partial charge is 0.115 e. The minimum Gasteiger partial charge on any atom is -0.508 e. The van der Waals surface area contributed by atoms with Gasteiger partial charge >= 0.3 is 0 Å². The second-order valence-corrected chi connectivity index (χ2v) is 5.33. The number of nitrogens with one attached hydrogen (secondary N) is 1. The Labute approximate surface area is 117 Å². The summed E-state index contributed by atoms with van der Waals surface area (Å²) in [6, 6.07) is 7.97. The van der Waals surface area contributed by atoms with E-state index in [1.807, 2.05) is 12.1 Å². The summed E-state index contributed by atoms with van der Waals surface area (Å²) in [5, 5.41) is 12.7. The van der Waals surface area contributed by atoms with E-state index in [4.69, 9.17) is 4.74 Å². The van der Waals surface area contributed by atoms with Crippen molar-refractivity contribution >= 4 is 0 Å². The quantitative estimate of drug-likeness (QED) is 0.674. The van der Waals surface area contributed by atoms with E-state index in [2.05, 4.69) is 26.1 Å². The average Bonchev–Trinajstić information content (AvgIpc) is 2.37. The van der Waals surface area contributed by atoms with Crippen molar-refractivity contribution in [2.75, 3.05) is 13.2 Å². The Bertz CT molecular complexity index is 335. The number of aryl methyl sites for hydroxylation is 1. The van der Waals surface area contributed by atoms with Gasteiger partial charge in [-0.15, -0.1) is 0 Å². The number of phenols is 1. The zero-order chi connectivity index (χ0) is 14.1. The van der Waals surface area contributed by atoms with Gasteiger partial charge in [0.2, 0.25) is 0 Å². The summed E-state index contributed by atoms with van der Waals surface area (Å²) in [6.07, 6.45) is 3.53. The molecular formula is C16H27NO2. The van der Waals surface area contributed by atoms with Crippen molar-refractivity contribution in [3.63, 3.8) is 0 Å². The molecule has 3 heteroatoms. The fraction of sp³-hybridized carbons (Fsp3) is 0.625. The van der Waals surface area contributed by atoms with Crippen LogP contribution < -0.4 is 5.32 Å². The van der Waals surface area contributed by atoms with E-state index in [1.54, 1.807) is 12.1 Å². The second kappa shape index (κ2) is 8.94. The molecule has 0 radical (unpaired) electrons. The first-order chi connectivity index (χ1) is 9.08. The first-order valence-corrected chi connectivity index (χ1v) is 7.21. The monoisotopic (exact) mass is 265 g/mol.